The Bertz CT molecular complexity index is 763. The predicted molar refractivity (Wildman–Crippen MR) is 72.9 cm³/mol. The van der Waals surface area contributed by atoms with Crippen LogP contribution in [0.5, 0.6) is 0 Å². The molecule has 0 bridgehead atoms. The van der Waals surface area contributed by atoms with E-state index in [0.717, 1.165) is 22.0 Å². The highest BCUT2D eigenvalue weighted by Crippen LogP contribution is 2.30. The number of nitrogens with zero attached hydrogens (tertiary/aromatic N) is 1. The summed E-state index contributed by atoms with van der Waals surface area (Å²) < 4.78 is 0. The van der Waals surface area contributed by atoms with Crippen molar-refractivity contribution in [1.82, 2.24) is 4.98 Å². The van der Waals surface area contributed by atoms with Gasteiger partial charge in [-0.1, -0.05) is 18.2 Å². The first-order valence-electron chi connectivity index (χ1n) is 5.66. The van der Waals surface area contributed by atoms with Crippen LogP contribution < -0.4 is 5.73 Å². The third kappa shape index (κ3) is 1.52. The number of hydrogen-bond donors (Lipinski definition) is 2. The first kappa shape index (κ1) is 10.4. The van der Waals surface area contributed by atoms with E-state index in [1.807, 2.05) is 36.5 Å². The second-order valence-corrected chi connectivity index (χ2v) is 4.16. The number of nitrogens with one attached hydrogen (secondary N) is 1. The Balaban J connectivity index is 2.24. The lowest BCUT2D eigenvalue weighted by Crippen LogP contribution is -1.91. The van der Waals surface area contributed by atoms with Crippen LogP contribution in [-0.4, -0.2) is 4.98 Å². The molecule has 0 saturated heterocycles. The van der Waals surface area contributed by atoms with Gasteiger partial charge in [0, 0.05) is 17.1 Å². The van der Waals surface area contributed by atoms with Crippen molar-refractivity contribution >= 4 is 16.6 Å². The van der Waals surface area contributed by atoms with Gasteiger partial charge in [-0.3, -0.25) is 0 Å². The Morgan fingerprint density at radius 3 is 2.78 bits per heavy atom. The number of rotatable bonds is 1. The standard InChI is InChI=1S/C15H11N3/c16-9-11-5-4-10(8-14(11)17)12-2-1-3-15-13(12)6-7-18-15/h1-8,18H,17H2. The van der Waals surface area contributed by atoms with Crippen molar-refractivity contribution < 1.29 is 0 Å². The van der Waals surface area contributed by atoms with Crippen LogP contribution in [0.15, 0.2) is 48.7 Å². The highest BCUT2D eigenvalue weighted by Gasteiger charge is 2.06. The fourth-order valence-electron chi connectivity index (χ4n) is 2.17. The number of aromatic amines is 1. The molecule has 3 nitrogen and oxygen atoms in total. The molecule has 3 rings (SSSR count). The maximum Gasteiger partial charge on any atom is 0.101 e. The van der Waals surface area contributed by atoms with E-state index in [1.165, 1.54) is 0 Å². The van der Waals surface area contributed by atoms with Crippen molar-refractivity contribution in [2.45, 2.75) is 0 Å². The molecule has 0 saturated carbocycles. The minimum absolute atomic E-state index is 0.514. The van der Waals surface area contributed by atoms with Crippen LogP contribution >= 0.6 is 0 Å². The minimum Gasteiger partial charge on any atom is -0.398 e. The van der Waals surface area contributed by atoms with E-state index in [4.69, 9.17) is 11.0 Å². The second kappa shape index (κ2) is 3.94. The first-order valence-corrected chi connectivity index (χ1v) is 5.66. The lowest BCUT2D eigenvalue weighted by Gasteiger charge is -2.06. The van der Waals surface area contributed by atoms with Crippen molar-refractivity contribution in [3.8, 4) is 17.2 Å². The number of H-pyrrole nitrogens is 1. The summed E-state index contributed by atoms with van der Waals surface area (Å²) in [6.07, 6.45) is 1.92. The van der Waals surface area contributed by atoms with E-state index in [-0.39, 0.29) is 0 Å². The van der Waals surface area contributed by atoms with Crippen LogP contribution in [0.25, 0.3) is 22.0 Å². The molecular weight excluding hydrogens is 222 g/mol. The summed E-state index contributed by atoms with van der Waals surface area (Å²) in [5.41, 5.74) is 10.1. The fourth-order valence-corrected chi connectivity index (χ4v) is 2.17. The van der Waals surface area contributed by atoms with Crippen molar-refractivity contribution in [2.24, 2.45) is 0 Å². The number of nitriles is 1. The Morgan fingerprint density at radius 1 is 1.11 bits per heavy atom. The predicted octanol–water partition coefficient (Wildman–Crippen LogP) is 3.29. The van der Waals surface area contributed by atoms with E-state index >= 15 is 0 Å². The average molecular weight is 233 g/mol. The average Bonchev–Trinajstić information content (AvgIpc) is 2.86. The molecule has 0 fully saturated rings. The summed E-state index contributed by atoms with van der Waals surface area (Å²) in [6.45, 7) is 0. The molecule has 0 aliphatic carbocycles. The van der Waals surface area contributed by atoms with Crippen LogP contribution in [0, 0.1) is 11.3 Å². The van der Waals surface area contributed by atoms with Gasteiger partial charge < -0.3 is 10.7 Å². The summed E-state index contributed by atoms with van der Waals surface area (Å²) in [4.78, 5) is 3.18. The molecule has 0 radical (unpaired) electrons. The van der Waals surface area contributed by atoms with Crippen LogP contribution in [-0.2, 0) is 0 Å². The maximum absolute atomic E-state index is 8.88. The summed E-state index contributed by atoms with van der Waals surface area (Å²) in [5, 5.41) is 10.0. The molecule has 0 amide bonds. The van der Waals surface area contributed by atoms with E-state index in [2.05, 4.69) is 17.1 Å². The second-order valence-electron chi connectivity index (χ2n) is 4.16. The molecule has 0 atom stereocenters. The van der Waals surface area contributed by atoms with Gasteiger partial charge in [0.15, 0.2) is 0 Å². The lowest BCUT2D eigenvalue weighted by molar-refractivity contribution is 1.47. The van der Waals surface area contributed by atoms with Gasteiger partial charge in [-0.05, 0) is 35.4 Å². The maximum atomic E-state index is 8.88. The van der Waals surface area contributed by atoms with Crippen LogP contribution in [0.4, 0.5) is 5.69 Å². The van der Waals surface area contributed by atoms with E-state index in [1.54, 1.807) is 6.07 Å². The summed E-state index contributed by atoms with van der Waals surface area (Å²) in [7, 11) is 0. The summed E-state index contributed by atoms with van der Waals surface area (Å²) in [5.74, 6) is 0. The normalized spacial score (nSPS) is 10.4. The number of nitrogen functional groups attached to an aromatic ring is 1. The number of anilines is 1. The van der Waals surface area contributed by atoms with Crippen molar-refractivity contribution in [1.29, 1.82) is 5.26 Å². The quantitative estimate of drug-likeness (QED) is 0.633. The van der Waals surface area contributed by atoms with Crippen molar-refractivity contribution in [3.05, 3.63) is 54.2 Å². The monoisotopic (exact) mass is 233 g/mol. The Morgan fingerprint density at radius 2 is 2.00 bits per heavy atom. The van der Waals surface area contributed by atoms with Crippen molar-refractivity contribution in [3.63, 3.8) is 0 Å². The van der Waals surface area contributed by atoms with E-state index in [0.29, 0.717) is 11.3 Å². The summed E-state index contributed by atoms with van der Waals surface area (Å²) >= 11 is 0. The van der Waals surface area contributed by atoms with Gasteiger partial charge in [0.1, 0.15) is 6.07 Å². The lowest BCUT2D eigenvalue weighted by atomic mass is 10.00. The molecule has 0 spiro atoms. The molecule has 0 aliphatic rings. The molecular formula is C15H11N3. The molecule has 0 aliphatic heterocycles. The third-order valence-corrected chi connectivity index (χ3v) is 3.08. The third-order valence-electron chi connectivity index (χ3n) is 3.08. The van der Waals surface area contributed by atoms with Gasteiger partial charge in [0.25, 0.3) is 0 Å². The highest BCUT2D eigenvalue weighted by molar-refractivity contribution is 5.95. The molecule has 1 heterocycles. The number of aromatic nitrogens is 1. The highest BCUT2D eigenvalue weighted by atomic mass is 14.7. The molecule has 0 unspecified atom stereocenters. The van der Waals surface area contributed by atoms with Gasteiger partial charge in [0.2, 0.25) is 0 Å². The smallest absolute Gasteiger partial charge is 0.101 e. The minimum atomic E-state index is 0.514. The van der Waals surface area contributed by atoms with Crippen molar-refractivity contribution in [2.75, 3.05) is 5.73 Å². The zero-order chi connectivity index (χ0) is 12.5. The zero-order valence-corrected chi connectivity index (χ0v) is 9.64. The Hall–Kier alpha value is -2.73. The fraction of sp³-hybridized carbons (Fsp3) is 0. The Labute approximate surface area is 104 Å². The molecule has 3 N–H and O–H groups in total. The largest absolute Gasteiger partial charge is 0.398 e. The van der Waals surface area contributed by atoms with Crippen LogP contribution in [0.2, 0.25) is 0 Å². The molecule has 86 valence electrons. The van der Waals surface area contributed by atoms with E-state index in [9.17, 15) is 0 Å². The van der Waals surface area contributed by atoms with Crippen LogP contribution in [0.3, 0.4) is 0 Å². The molecule has 18 heavy (non-hydrogen) atoms. The topological polar surface area (TPSA) is 65.6 Å². The van der Waals surface area contributed by atoms with Gasteiger partial charge in [0.05, 0.1) is 11.3 Å². The number of benzene rings is 2. The Kier molecular flexibility index (Phi) is 2.28. The van der Waals surface area contributed by atoms with Crippen LogP contribution in [0.1, 0.15) is 5.56 Å². The SMILES string of the molecule is N#Cc1ccc(-c2cccc3[nH]ccc23)cc1N. The first-order chi connectivity index (χ1) is 8.79. The summed E-state index contributed by atoms with van der Waals surface area (Å²) in [6, 6.07) is 15.7. The molecule has 3 heteroatoms. The van der Waals surface area contributed by atoms with Gasteiger partial charge >= 0.3 is 0 Å². The molecule has 1 aromatic heterocycles. The number of fused-ring (bicyclic) bond motifs is 1. The number of nitrogens with two attached hydrogens (primary N) is 1. The molecule has 2 aromatic carbocycles. The van der Waals surface area contributed by atoms with Gasteiger partial charge in [-0.15, -0.1) is 0 Å². The van der Waals surface area contributed by atoms with E-state index < -0.39 is 0 Å². The number of hydrogen-bond acceptors (Lipinski definition) is 2. The van der Waals surface area contributed by atoms with Gasteiger partial charge in [-0.25, -0.2) is 0 Å². The van der Waals surface area contributed by atoms with Gasteiger partial charge in [-0.2, -0.15) is 5.26 Å². The zero-order valence-electron chi connectivity index (χ0n) is 9.64. The molecule has 3 aromatic rings.